The molecule has 2 saturated carbocycles. The molecule has 0 spiro atoms. The lowest BCUT2D eigenvalue weighted by Crippen LogP contribution is -2.58. The first-order chi connectivity index (χ1) is 20.8. The van der Waals surface area contributed by atoms with E-state index in [9.17, 15) is 22.8 Å². The molecule has 1 saturated heterocycles. The second-order valence-corrected chi connectivity index (χ2v) is 16.0. The molecule has 0 bridgehead atoms. The first-order valence-corrected chi connectivity index (χ1v) is 18.0. The molecule has 1 aromatic heterocycles. The van der Waals surface area contributed by atoms with Crippen LogP contribution in [0.2, 0.25) is 0 Å². The van der Waals surface area contributed by atoms with Gasteiger partial charge in [0.25, 0.3) is 5.91 Å². The topological polar surface area (TPSA) is 141 Å². The molecule has 11 nitrogen and oxygen atoms in total. The van der Waals surface area contributed by atoms with E-state index in [-0.39, 0.29) is 5.91 Å². The number of carbonyl (C=O) groups excluding carboxylic acids is 3. The Bertz CT molecular complexity index is 1490. The lowest BCUT2D eigenvalue weighted by atomic mass is 9.85. The molecule has 2 aromatic rings. The average molecular weight is 645 g/mol. The van der Waals surface area contributed by atoms with Crippen LogP contribution in [0.3, 0.4) is 0 Å². The summed E-state index contributed by atoms with van der Waals surface area (Å²) >= 11 is 1.43. The summed E-state index contributed by atoms with van der Waals surface area (Å²) < 4.78 is 26.8. The van der Waals surface area contributed by atoms with Crippen molar-refractivity contribution in [3.05, 3.63) is 29.6 Å². The van der Waals surface area contributed by atoms with E-state index >= 15 is 0 Å². The Labute approximate surface area is 264 Å². The number of carbonyl (C=O) groups is 3. The van der Waals surface area contributed by atoms with Crippen molar-refractivity contribution in [3.8, 4) is 11.3 Å². The summed E-state index contributed by atoms with van der Waals surface area (Å²) in [4.78, 5) is 49.0. The highest BCUT2D eigenvalue weighted by atomic mass is 32.2. The van der Waals surface area contributed by atoms with E-state index in [0.29, 0.717) is 50.2 Å². The maximum atomic E-state index is 14.0. The van der Waals surface area contributed by atoms with Gasteiger partial charge in [-0.05, 0) is 69.9 Å². The fourth-order valence-corrected chi connectivity index (χ4v) is 7.81. The van der Waals surface area contributed by atoms with Crippen molar-refractivity contribution < 1.29 is 22.8 Å². The molecule has 1 aromatic carbocycles. The van der Waals surface area contributed by atoms with Gasteiger partial charge in [-0.3, -0.25) is 19.1 Å². The molecule has 3 N–H and O–H groups in total. The van der Waals surface area contributed by atoms with Gasteiger partial charge in [0, 0.05) is 36.3 Å². The van der Waals surface area contributed by atoms with E-state index in [0.717, 1.165) is 30.0 Å². The second-order valence-electron chi connectivity index (χ2n) is 13.1. The minimum atomic E-state index is -3.72. The minimum absolute atomic E-state index is 0.207. The molecule has 2 heterocycles. The summed E-state index contributed by atoms with van der Waals surface area (Å²) in [5, 5.41) is 8.21. The van der Waals surface area contributed by atoms with E-state index in [1.165, 1.54) is 11.3 Å². The molecule has 5 rings (SSSR count). The maximum absolute atomic E-state index is 14.0. The summed E-state index contributed by atoms with van der Waals surface area (Å²) in [6.45, 7) is 12.5. The van der Waals surface area contributed by atoms with Crippen LogP contribution in [0.5, 0.6) is 0 Å². The first kappa shape index (κ1) is 32.2. The second kappa shape index (κ2) is 12.3. The van der Waals surface area contributed by atoms with Gasteiger partial charge in [-0.15, -0.1) is 11.3 Å². The maximum Gasteiger partial charge on any atom is 0.259 e. The van der Waals surface area contributed by atoms with Gasteiger partial charge in [0.05, 0.1) is 10.9 Å². The van der Waals surface area contributed by atoms with Crippen LogP contribution in [0.1, 0.15) is 73.1 Å². The highest BCUT2D eigenvalue weighted by Gasteiger charge is 2.54. The molecule has 3 fully saturated rings. The van der Waals surface area contributed by atoms with Crippen LogP contribution in [-0.2, 0) is 24.4 Å². The Hall–Kier alpha value is -3.19. The van der Waals surface area contributed by atoms with Crippen molar-refractivity contribution in [1.82, 2.24) is 19.9 Å². The lowest BCUT2D eigenvalue weighted by molar-refractivity contribution is -0.141. The fraction of sp³-hybridized carbons (Fsp3) is 0.613. The number of aromatic nitrogens is 1. The van der Waals surface area contributed by atoms with Crippen LogP contribution in [0.15, 0.2) is 29.6 Å². The Balaban J connectivity index is 1.26. The van der Waals surface area contributed by atoms with Crippen LogP contribution < -0.4 is 20.3 Å². The van der Waals surface area contributed by atoms with E-state index < -0.39 is 50.1 Å². The average Bonchev–Trinajstić information content (AvgIpc) is 3.88. The van der Waals surface area contributed by atoms with Gasteiger partial charge in [0.2, 0.25) is 21.8 Å². The number of hydrogen-bond acceptors (Lipinski definition) is 9. The standard InChI is InChI=1S/C31H44N6O5S2/c1-6-36(7-2)21-12-10-20(11-13-21)23-19-43-29(32-23)33-25(30(3,4)5)27(39)37-18-8-9-24(37)26(38)34-31(16-17-31)28(40)35-44(41,42)22-14-15-22/h10-13,19,22,24-25H,6-9,14-18H2,1-5H3,(H,32,33)(H,34,38)(H,35,40)/t24-,25+/m0/s1. The Morgan fingerprint density at radius 3 is 2.32 bits per heavy atom. The fourth-order valence-electron chi connectivity index (χ4n) is 5.69. The van der Waals surface area contributed by atoms with E-state index in [1.54, 1.807) is 4.90 Å². The third-order valence-electron chi connectivity index (χ3n) is 8.76. The zero-order valence-electron chi connectivity index (χ0n) is 26.2. The van der Waals surface area contributed by atoms with E-state index in [4.69, 9.17) is 4.98 Å². The number of nitrogens with zero attached hydrogens (tertiary/aromatic N) is 3. The predicted octanol–water partition coefficient (Wildman–Crippen LogP) is 3.73. The van der Waals surface area contributed by atoms with Gasteiger partial charge in [-0.1, -0.05) is 32.9 Å². The van der Waals surface area contributed by atoms with Crippen molar-refractivity contribution in [1.29, 1.82) is 0 Å². The molecule has 2 aliphatic carbocycles. The number of anilines is 2. The molecule has 13 heteroatoms. The molecular formula is C31H44N6O5S2. The van der Waals surface area contributed by atoms with Crippen molar-refractivity contribution >= 4 is 49.9 Å². The van der Waals surface area contributed by atoms with Crippen molar-refractivity contribution in [2.45, 2.75) is 96.0 Å². The highest BCUT2D eigenvalue weighted by Crippen LogP contribution is 2.38. The van der Waals surface area contributed by atoms with Gasteiger partial charge >= 0.3 is 0 Å². The van der Waals surface area contributed by atoms with E-state index in [2.05, 4.69) is 58.4 Å². The van der Waals surface area contributed by atoms with Gasteiger partial charge in [0.15, 0.2) is 5.13 Å². The molecule has 1 aliphatic heterocycles. The zero-order valence-corrected chi connectivity index (χ0v) is 27.8. The van der Waals surface area contributed by atoms with Crippen molar-refractivity contribution in [2.24, 2.45) is 5.41 Å². The number of rotatable bonds is 12. The highest BCUT2D eigenvalue weighted by molar-refractivity contribution is 7.91. The Kier molecular flexibility index (Phi) is 9.01. The first-order valence-electron chi connectivity index (χ1n) is 15.5. The van der Waals surface area contributed by atoms with Gasteiger partial charge in [-0.25, -0.2) is 13.4 Å². The normalized spacial score (nSPS) is 20.1. The quantitative estimate of drug-likeness (QED) is 0.318. The summed E-state index contributed by atoms with van der Waals surface area (Å²) in [5.41, 5.74) is 1.24. The third kappa shape index (κ3) is 6.88. The van der Waals surface area contributed by atoms with Crippen LogP contribution in [-0.4, -0.2) is 78.5 Å². The SMILES string of the molecule is CCN(CC)c1ccc(-c2csc(N[C@H](C(=O)N3CCC[C@H]3C(=O)NC3(C(=O)NS(=O)(=O)C4CC4)CC3)C(C)(C)C)n2)cc1. The van der Waals surface area contributed by atoms with Crippen LogP contribution in [0.25, 0.3) is 11.3 Å². The Morgan fingerprint density at radius 2 is 1.75 bits per heavy atom. The largest absolute Gasteiger partial charge is 0.372 e. The summed E-state index contributed by atoms with van der Waals surface area (Å²) in [6.07, 6.45) is 2.93. The molecule has 44 heavy (non-hydrogen) atoms. The number of hydrogen-bond donors (Lipinski definition) is 3. The molecule has 0 unspecified atom stereocenters. The molecule has 0 radical (unpaired) electrons. The van der Waals surface area contributed by atoms with Crippen molar-refractivity contribution in [3.63, 3.8) is 0 Å². The zero-order chi connectivity index (χ0) is 31.9. The number of benzene rings is 1. The van der Waals surface area contributed by atoms with Crippen LogP contribution in [0, 0.1) is 5.41 Å². The Morgan fingerprint density at radius 1 is 1.09 bits per heavy atom. The number of sulfonamides is 1. The van der Waals surface area contributed by atoms with Gasteiger partial charge in [-0.2, -0.15) is 0 Å². The van der Waals surface area contributed by atoms with E-state index in [1.807, 2.05) is 26.2 Å². The third-order valence-corrected chi connectivity index (χ3v) is 11.4. The summed E-state index contributed by atoms with van der Waals surface area (Å²) in [5.74, 6) is -1.32. The van der Waals surface area contributed by atoms with Gasteiger partial charge in [0.1, 0.15) is 17.6 Å². The summed E-state index contributed by atoms with van der Waals surface area (Å²) in [7, 11) is -3.72. The predicted molar refractivity (Wildman–Crippen MR) is 173 cm³/mol. The number of thiazole rings is 1. The number of amides is 3. The number of nitrogens with one attached hydrogen (secondary N) is 3. The van der Waals surface area contributed by atoms with Crippen LogP contribution >= 0.6 is 11.3 Å². The summed E-state index contributed by atoms with van der Waals surface area (Å²) in [6, 6.07) is 6.91. The smallest absolute Gasteiger partial charge is 0.259 e. The molecule has 240 valence electrons. The molecule has 3 amide bonds. The number of likely N-dealkylation sites (tertiary alicyclic amines) is 1. The molecule has 3 aliphatic rings. The lowest BCUT2D eigenvalue weighted by Gasteiger charge is -2.35. The van der Waals surface area contributed by atoms with Gasteiger partial charge < -0.3 is 20.4 Å². The molecular weight excluding hydrogens is 601 g/mol. The van der Waals surface area contributed by atoms with Crippen LogP contribution in [0.4, 0.5) is 10.8 Å². The van der Waals surface area contributed by atoms with Crippen molar-refractivity contribution in [2.75, 3.05) is 29.9 Å². The molecule has 2 atom stereocenters. The monoisotopic (exact) mass is 644 g/mol. The minimum Gasteiger partial charge on any atom is -0.372 e.